The molecule has 28 heavy (non-hydrogen) atoms. The van der Waals surface area contributed by atoms with E-state index in [0.29, 0.717) is 22.4 Å². The smallest absolute Gasteiger partial charge is 0.337 e. The molecule has 7 nitrogen and oxygen atoms in total. The standard InChI is InChI=1S/C21H19NO6/c1-14(23)17-4-3-5-18(12-17)22-19(24)13-28-20(25)11-8-15-6-9-16(10-7-15)21(26)27-2/h3-12H,13H2,1-2H3,(H,22,24)/b11-8+. The Bertz CT molecular complexity index is 915. The molecule has 0 spiro atoms. The van der Waals surface area contributed by atoms with Crippen molar-refractivity contribution < 1.29 is 28.7 Å². The van der Waals surface area contributed by atoms with Gasteiger partial charge in [-0.2, -0.15) is 0 Å². The lowest BCUT2D eigenvalue weighted by Crippen LogP contribution is -2.20. The lowest BCUT2D eigenvalue weighted by Gasteiger charge is -2.06. The largest absolute Gasteiger partial charge is 0.465 e. The van der Waals surface area contributed by atoms with Crippen molar-refractivity contribution in [2.75, 3.05) is 19.0 Å². The summed E-state index contributed by atoms with van der Waals surface area (Å²) in [5.74, 6) is -1.78. The number of anilines is 1. The van der Waals surface area contributed by atoms with E-state index in [1.54, 1.807) is 48.5 Å². The summed E-state index contributed by atoms with van der Waals surface area (Å²) in [5, 5.41) is 2.55. The molecule has 0 unspecified atom stereocenters. The third-order valence-corrected chi connectivity index (χ3v) is 3.64. The fraction of sp³-hybridized carbons (Fsp3) is 0.143. The van der Waals surface area contributed by atoms with E-state index in [4.69, 9.17) is 4.74 Å². The third kappa shape index (κ3) is 6.21. The average Bonchev–Trinajstić information content (AvgIpc) is 2.70. The van der Waals surface area contributed by atoms with Gasteiger partial charge in [-0.1, -0.05) is 24.3 Å². The van der Waals surface area contributed by atoms with Crippen LogP contribution in [0.3, 0.4) is 0 Å². The van der Waals surface area contributed by atoms with Gasteiger partial charge in [0.2, 0.25) is 0 Å². The van der Waals surface area contributed by atoms with Crippen LogP contribution in [0.4, 0.5) is 5.69 Å². The molecule has 0 heterocycles. The number of Topliss-reactive ketones (excluding diaryl/α,β-unsaturated/α-hetero) is 1. The number of esters is 2. The minimum atomic E-state index is -0.690. The number of carbonyl (C=O) groups is 4. The maximum Gasteiger partial charge on any atom is 0.337 e. The molecular formula is C21H19NO6. The fourth-order valence-corrected chi connectivity index (χ4v) is 2.21. The van der Waals surface area contributed by atoms with Gasteiger partial charge in [0.05, 0.1) is 12.7 Å². The van der Waals surface area contributed by atoms with E-state index in [9.17, 15) is 19.2 Å². The summed E-state index contributed by atoms with van der Waals surface area (Å²) in [7, 11) is 1.29. The molecule has 0 aliphatic rings. The number of benzene rings is 2. The first kappa shape index (κ1) is 20.6. The monoisotopic (exact) mass is 381 g/mol. The number of methoxy groups -OCH3 is 1. The molecule has 0 aliphatic heterocycles. The van der Waals surface area contributed by atoms with Crippen LogP contribution in [0.15, 0.2) is 54.6 Å². The number of hydrogen-bond donors (Lipinski definition) is 1. The van der Waals surface area contributed by atoms with Gasteiger partial charge in [0.15, 0.2) is 12.4 Å². The quantitative estimate of drug-likeness (QED) is 0.450. The molecule has 2 rings (SSSR count). The minimum absolute atomic E-state index is 0.118. The Hall–Kier alpha value is -3.74. The number of ketones is 1. The zero-order chi connectivity index (χ0) is 20.5. The lowest BCUT2D eigenvalue weighted by atomic mass is 10.1. The van der Waals surface area contributed by atoms with E-state index >= 15 is 0 Å². The minimum Gasteiger partial charge on any atom is -0.465 e. The number of amides is 1. The van der Waals surface area contributed by atoms with Crippen molar-refractivity contribution in [2.45, 2.75) is 6.92 Å². The van der Waals surface area contributed by atoms with Gasteiger partial charge in [-0.05, 0) is 42.8 Å². The van der Waals surface area contributed by atoms with Gasteiger partial charge in [0.25, 0.3) is 5.91 Å². The van der Waals surface area contributed by atoms with E-state index in [0.717, 1.165) is 0 Å². The first-order valence-corrected chi connectivity index (χ1v) is 8.33. The average molecular weight is 381 g/mol. The van der Waals surface area contributed by atoms with Crippen molar-refractivity contribution >= 4 is 35.4 Å². The van der Waals surface area contributed by atoms with Crippen molar-refractivity contribution in [3.05, 3.63) is 71.3 Å². The Morgan fingerprint density at radius 1 is 1.00 bits per heavy atom. The molecule has 0 saturated heterocycles. The van der Waals surface area contributed by atoms with Crippen LogP contribution in [0.5, 0.6) is 0 Å². The molecule has 1 amide bonds. The molecule has 0 aromatic heterocycles. The van der Waals surface area contributed by atoms with Gasteiger partial charge in [-0.15, -0.1) is 0 Å². The van der Waals surface area contributed by atoms with Gasteiger partial charge in [-0.25, -0.2) is 9.59 Å². The summed E-state index contributed by atoms with van der Waals surface area (Å²) in [6.07, 6.45) is 2.68. The van der Waals surface area contributed by atoms with Gasteiger partial charge >= 0.3 is 11.9 Å². The molecule has 0 saturated carbocycles. The van der Waals surface area contributed by atoms with Gasteiger partial charge in [0.1, 0.15) is 0 Å². The summed E-state index contributed by atoms with van der Waals surface area (Å²) in [6, 6.07) is 12.9. The number of nitrogens with one attached hydrogen (secondary N) is 1. The van der Waals surface area contributed by atoms with E-state index in [1.807, 2.05) is 0 Å². The highest BCUT2D eigenvalue weighted by molar-refractivity contribution is 5.98. The summed E-state index contributed by atoms with van der Waals surface area (Å²) in [4.78, 5) is 46.3. The Kier molecular flexibility index (Phi) is 7.21. The van der Waals surface area contributed by atoms with Gasteiger partial charge < -0.3 is 14.8 Å². The highest BCUT2D eigenvalue weighted by Crippen LogP contribution is 2.11. The van der Waals surface area contributed by atoms with Crippen LogP contribution in [-0.2, 0) is 19.1 Å². The van der Waals surface area contributed by atoms with E-state index in [1.165, 1.54) is 26.2 Å². The highest BCUT2D eigenvalue weighted by Gasteiger charge is 2.08. The van der Waals surface area contributed by atoms with Crippen molar-refractivity contribution in [1.82, 2.24) is 0 Å². The summed E-state index contributed by atoms with van der Waals surface area (Å²) in [5.41, 5.74) is 1.98. The molecule has 2 aromatic carbocycles. The lowest BCUT2D eigenvalue weighted by molar-refractivity contribution is -0.142. The predicted molar refractivity (Wildman–Crippen MR) is 103 cm³/mol. The van der Waals surface area contributed by atoms with E-state index in [2.05, 4.69) is 10.1 Å². The maximum absolute atomic E-state index is 11.9. The van der Waals surface area contributed by atoms with Gasteiger partial charge in [0, 0.05) is 17.3 Å². The van der Waals surface area contributed by atoms with Crippen LogP contribution in [-0.4, -0.2) is 37.3 Å². The zero-order valence-electron chi connectivity index (χ0n) is 15.4. The summed E-state index contributed by atoms with van der Waals surface area (Å²) >= 11 is 0. The molecule has 0 bridgehead atoms. The van der Waals surface area contributed by atoms with Gasteiger partial charge in [-0.3, -0.25) is 9.59 Å². The van der Waals surface area contributed by atoms with Crippen LogP contribution < -0.4 is 5.32 Å². The van der Waals surface area contributed by atoms with Crippen molar-refractivity contribution in [3.8, 4) is 0 Å². The molecule has 0 aliphatic carbocycles. The van der Waals surface area contributed by atoms with Crippen molar-refractivity contribution in [1.29, 1.82) is 0 Å². The predicted octanol–water partition coefficient (Wildman–Crippen LogP) is 2.87. The molecule has 1 N–H and O–H groups in total. The molecular weight excluding hydrogens is 362 g/mol. The zero-order valence-corrected chi connectivity index (χ0v) is 15.4. The Morgan fingerprint density at radius 3 is 2.36 bits per heavy atom. The molecule has 0 atom stereocenters. The topological polar surface area (TPSA) is 98.8 Å². The molecule has 0 radical (unpaired) electrons. The van der Waals surface area contributed by atoms with Crippen LogP contribution in [0.25, 0.3) is 6.08 Å². The first-order valence-electron chi connectivity index (χ1n) is 8.33. The fourth-order valence-electron chi connectivity index (χ4n) is 2.21. The highest BCUT2D eigenvalue weighted by atomic mass is 16.5. The normalized spacial score (nSPS) is 10.4. The molecule has 0 fully saturated rings. The number of ether oxygens (including phenoxy) is 2. The summed E-state index contributed by atoms with van der Waals surface area (Å²) in [6.45, 7) is 0.965. The van der Waals surface area contributed by atoms with Crippen molar-refractivity contribution in [3.63, 3.8) is 0 Å². The molecule has 2 aromatic rings. The van der Waals surface area contributed by atoms with Crippen LogP contribution in [0.2, 0.25) is 0 Å². The molecule has 7 heteroatoms. The SMILES string of the molecule is COC(=O)c1ccc(/C=C/C(=O)OCC(=O)Nc2cccc(C(C)=O)c2)cc1. The second-order valence-electron chi connectivity index (χ2n) is 5.74. The second-order valence-corrected chi connectivity index (χ2v) is 5.74. The maximum atomic E-state index is 11.9. The number of hydrogen-bond acceptors (Lipinski definition) is 6. The number of carbonyl (C=O) groups excluding carboxylic acids is 4. The Morgan fingerprint density at radius 2 is 1.71 bits per heavy atom. The van der Waals surface area contributed by atoms with Crippen molar-refractivity contribution in [2.24, 2.45) is 0 Å². The number of rotatable bonds is 7. The van der Waals surface area contributed by atoms with Crippen LogP contribution in [0, 0.1) is 0 Å². The Labute approximate surface area is 162 Å². The summed E-state index contributed by atoms with van der Waals surface area (Å²) < 4.78 is 9.48. The Balaban J connectivity index is 1.83. The third-order valence-electron chi connectivity index (χ3n) is 3.64. The second kappa shape index (κ2) is 9.82. The van der Waals surface area contributed by atoms with Crippen LogP contribution >= 0.6 is 0 Å². The van der Waals surface area contributed by atoms with E-state index in [-0.39, 0.29) is 5.78 Å². The van der Waals surface area contributed by atoms with Crippen LogP contribution in [0.1, 0.15) is 33.2 Å². The first-order chi connectivity index (χ1) is 13.4. The molecule has 144 valence electrons. The van der Waals surface area contributed by atoms with E-state index < -0.39 is 24.5 Å².